The summed E-state index contributed by atoms with van der Waals surface area (Å²) in [6.07, 6.45) is 0.345. The van der Waals surface area contributed by atoms with Gasteiger partial charge in [0.2, 0.25) is 0 Å². The Morgan fingerprint density at radius 3 is 2.87 bits per heavy atom. The van der Waals surface area contributed by atoms with Crippen molar-refractivity contribution in [3.63, 3.8) is 0 Å². The molecule has 0 spiro atoms. The standard InChI is InChI=1S/C11H7ClO3/c12-10-5-1-3-8(9(10)7-13)4-2-6-11(14)15/h1,3,5,7H,6H2,(H,14,15). The lowest BCUT2D eigenvalue weighted by Crippen LogP contribution is -1.92. The van der Waals surface area contributed by atoms with E-state index in [1.54, 1.807) is 18.2 Å². The van der Waals surface area contributed by atoms with Crippen LogP contribution in [0.1, 0.15) is 22.3 Å². The van der Waals surface area contributed by atoms with Gasteiger partial charge in [-0.3, -0.25) is 9.59 Å². The van der Waals surface area contributed by atoms with Crippen molar-refractivity contribution in [3.8, 4) is 11.8 Å². The molecule has 0 amide bonds. The van der Waals surface area contributed by atoms with Crippen molar-refractivity contribution in [1.82, 2.24) is 0 Å². The molecule has 0 heterocycles. The molecule has 1 aromatic carbocycles. The minimum Gasteiger partial charge on any atom is -0.481 e. The van der Waals surface area contributed by atoms with Crippen molar-refractivity contribution in [2.45, 2.75) is 6.42 Å². The van der Waals surface area contributed by atoms with Gasteiger partial charge in [0.15, 0.2) is 6.29 Å². The lowest BCUT2D eigenvalue weighted by molar-refractivity contribution is -0.135. The minimum absolute atomic E-state index is 0.259. The van der Waals surface area contributed by atoms with Crippen molar-refractivity contribution >= 4 is 23.9 Å². The number of aliphatic carboxylic acids is 1. The first-order valence-corrected chi connectivity index (χ1v) is 4.47. The van der Waals surface area contributed by atoms with E-state index in [9.17, 15) is 9.59 Å². The molecule has 1 aromatic rings. The zero-order valence-corrected chi connectivity index (χ0v) is 8.41. The molecule has 0 bridgehead atoms. The molecule has 4 heteroatoms. The molecule has 0 aliphatic rings. The molecule has 0 saturated carbocycles. The van der Waals surface area contributed by atoms with Gasteiger partial charge in [-0.1, -0.05) is 29.5 Å². The van der Waals surface area contributed by atoms with Gasteiger partial charge in [-0.05, 0) is 12.1 Å². The zero-order valence-electron chi connectivity index (χ0n) is 7.66. The Bertz CT molecular complexity index is 455. The number of hydrogen-bond donors (Lipinski definition) is 1. The number of carboxylic acid groups (broad SMARTS) is 1. The SMILES string of the molecule is O=Cc1c(Cl)cccc1C#CCC(=O)O. The largest absolute Gasteiger partial charge is 0.481 e. The highest BCUT2D eigenvalue weighted by atomic mass is 35.5. The Kier molecular flexibility index (Phi) is 3.90. The fraction of sp³-hybridized carbons (Fsp3) is 0.0909. The highest BCUT2D eigenvalue weighted by Gasteiger charge is 2.02. The maximum absolute atomic E-state index is 10.7. The zero-order chi connectivity index (χ0) is 11.3. The maximum atomic E-state index is 10.7. The van der Waals surface area contributed by atoms with E-state index in [1.165, 1.54) is 0 Å². The molecule has 0 aromatic heterocycles. The molecule has 3 nitrogen and oxygen atoms in total. The Labute approximate surface area is 91.7 Å². The number of carbonyl (C=O) groups excluding carboxylic acids is 1. The lowest BCUT2D eigenvalue weighted by atomic mass is 10.1. The van der Waals surface area contributed by atoms with Crippen LogP contribution in [0.4, 0.5) is 0 Å². The summed E-state index contributed by atoms with van der Waals surface area (Å²) in [7, 11) is 0. The molecule has 0 fully saturated rings. The Morgan fingerprint density at radius 1 is 1.53 bits per heavy atom. The van der Waals surface area contributed by atoms with Gasteiger partial charge < -0.3 is 5.11 Å². The van der Waals surface area contributed by atoms with E-state index in [2.05, 4.69) is 11.8 Å². The molecule has 0 aliphatic carbocycles. The van der Waals surface area contributed by atoms with E-state index >= 15 is 0 Å². The van der Waals surface area contributed by atoms with Gasteiger partial charge in [-0.2, -0.15) is 0 Å². The van der Waals surface area contributed by atoms with Crippen molar-refractivity contribution < 1.29 is 14.7 Å². The lowest BCUT2D eigenvalue weighted by Gasteiger charge is -1.97. The van der Waals surface area contributed by atoms with Gasteiger partial charge in [0, 0.05) is 11.1 Å². The first kappa shape index (κ1) is 11.3. The maximum Gasteiger partial charge on any atom is 0.315 e. The molecule has 15 heavy (non-hydrogen) atoms. The van der Waals surface area contributed by atoms with E-state index in [1.807, 2.05) is 0 Å². The minimum atomic E-state index is -1.00. The molecule has 0 saturated heterocycles. The van der Waals surface area contributed by atoms with Crippen LogP contribution in [-0.4, -0.2) is 17.4 Å². The van der Waals surface area contributed by atoms with Crippen molar-refractivity contribution in [1.29, 1.82) is 0 Å². The van der Waals surface area contributed by atoms with Crippen LogP contribution >= 0.6 is 11.6 Å². The fourth-order valence-corrected chi connectivity index (χ4v) is 1.20. The normalized spacial score (nSPS) is 8.87. The van der Waals surface area contributed by atoms with Gasteiger partial charge in [0.1, 0.15) is 6.42 Å². The van der Waals surface area contributed by atoms with Crippen LogP contribution in [0.3, 0.4) is 0 Å². The second kappa shape index (κ2) is 5.18. The number of rotatable bonds is 2. The summed E-state index contributed by atoms with van der Waals surface area (Å²) in [5, 5.41) is 8.69. The Balaban J connectivity index is 3.02. The summed E-state index contributed by atoms with van der Waals surface area (Å²) in [6, 6.07) is 4.85. The van der Waals surface area contributed by atoms with Crippen LogP contribution in [0.15, 0.2) is 18.2 Å². The van der Waals surface area contributed by atoms with Gasteiger partial charge in [-0.25, -0.2) is 0 Å². The third kappa shape index (κ3) is 3.12. The first-order valence-electron chi connectivity index (χ1n) is 4.09. The van der Waals surface area contributed by atoms with Crippen LogP contribution in [0.5, 0.6) is 0 Å². The van der Waals surface area contributed by atoms with Crippen molar-refractivity contribution in [2.75, 3.05) is 0 Å². The summed E-state index contributed by atoms with van der Waals surface area (Å²) in [5.74, 6) is 4.02. The number of halogens is 1. The van der Waals surface area contributed by atoms with E-state index in [0.29, 0.717) is 16.9 Å². The smallest absolute Gasteiger partial charge is 0.315 e. The number of aldehydes is 1. The van der Waals surface area contributed by atoms with Crippen LogP contribution in [0.25, 0.3) is 0 Å². The van der Waals surface area contributed by atoms with Crippen LogP contribution in [-0.2, 0) is 4.79 Å². The topological polar surface area (TPSA) is 54.4 Å². The van der Waals surface area contributed by atoms with E-state index < -0.39 is 5.97 Å². The highest BCUT2D eigenvalue weighted by Crippen LogP contribution is 2.16. The Morgan fingerprint density at radius 2 is 2.27 bits per heavy atom. The molecular formula is C11H7ClO3. The van der Waals surface area contributed by atoms with Gasteiger partial charge >= 0.3 is 5.97 Å². The summed E-state index contributed by atoms with van der Waals surface area (Å²) >= 11 is 5.76. The van der Waals surface area contributed by atoms with Crippen LogP contribution in [0.2, 0.25) is 5.02 Å². The third-order valence-electron chi connectivity index (χ3n) is 1.63. The summed E-state index contributed by atoms with van der Waals surface area (Å²) in [6.45, 7) is 0. The molecule has 1 N–H and O–H groups in total. The Hall–Kier alpha value is -1.79. The molecule has 0 atom stereocenters. The third-order valence-corrected chi connectivity index (χ3v) is 1.96. The molecule has 76 valence electrons. The van der Waals surface area contributed by atoms with E-state index in [-0.39, 0.29) is 12.0 Å². The highest BCUT2D eigenvalue weighted by molar-refractivity contribution is 6.33. The average Bonchev–Trinajstić information content (AvgIpc) is 2.17. The second-order valence-electron chi connectivity index (χ2n) is 2.69. The molecular weight excluding hydrogens is 216 g/mol. The van der Waals surface area contributed by atoms with Gasteiger partial charge in [-0.15, -0.1) is 0 Å². The molecule has 0 radical (unpaired) electrons. The molecule has 0 aliphatic heterocycles. The summed E-state index contributed by atoms with van der Waals surface area (Å²) < 4.78 is 0. The number of carbonyl (C=O) groups is 2. The average molecular weight is 223 g/mol. The van der Waals surface area contributed by atoms with Crippen molar-refractivity contribution in [2.24, 2.45) is 0 Å². The predicted octanol–water partition coefficient (Wildman–Crippen LogP) is 1.98. The number of hydrogen-bond acceptors (Lipinski definition) is 2. The summed E-state index contributed by atoms with van der Waals surface area (Å²) in [5.41, 5.74) is 0.732. The van der Waals surface area contributed by atoms with Gasteiger partial charge in [0.25, 0.3) is 0 Å². The number of carboxylic acids is 1. The molecule has 1 rings (SSSR count). The quantitative estimate of drug-likeness (QED) is 0.615. The van der Waals surface area contributed by atoms with Gasteiger partial charge in [0.05, 0.1) is 5.02 Å². The fourth-order valence-electron chi connectivity index (χ4n) is 0.981. The van der Waals surface area contributed by atoms with Crippen molar-refractivity contribution in [3.05, 3.63) is 34.3 Å². The van der Waals surface area contributed by atoms with Crippen LogP contribution in [0, 0.1) is 11.8 Å². The predicted molar refractivity (Wildman–Crippen MR) is 56.0 cm³/mol. The molecule has 0 unspecified atom stereocenters. The second-order valence-corrected chi connectivity index (χ2v) is 3.10. The van der Waals surface area contributed by atoms with Crippen LogP contribution < -0.4 is 0 Å². The van der Waals surface area contributed by atoms with E-state index in [4.69, 9.17) is 16.7 Å². The monoisotopic (exact) mass is 222 g/mol. The summed E-state index contributed by atoms with van der Waals surface area (Å²) in [4.78, 5) is 20.9. The number of benzene rings is 1. The first-order chi connectivity index (χ1) is 7.15. The van der Waals surface area contributed by atoms with E-state index in [0.717, 1.165) is 0 Å².